The monoisotopic (exact) mass is 382 g/mol. The number of hydrogen-bond donors (Lipinski definition) is 1. The first-order chi connectivity index (χ1) is 10.7. The van der Waals surface area contributed by atoms with E-state index in [4.69, 9.17) is 0 Å². The fraction of sp³-hybridized carbons (Fsp3) is 0.875. The molecule has 1 atom stereocenters. The minimum absolute atomic E-state index is 0. The van der Waals surface area contributed by atoms with Crippen molar-refractivity contribution in [2.75, 3.05) is 52.4 Å². The number of nitrogens with zero attached hydrogens (tertiary/aromatic N) is 3. The largest absolute Gasteiger partial charge is 0.342 e. The van der Waals surface area contributed by atoms with Gasteiger partial charge in [0.2, 0.25) is 11.8 Å². The van der Waals surface area contributed by atoms with Gasteiger partial charge in [0.05, 0.1) is 12.6 Å². The maximum atomic E-state index is 12.5. The molecule has 2 rings (SSSR count). The molecule has 0 aromatic heterocycles. The summed E-state index contributed by atoms with van der Waals surface area (Å²) < 4.78 is 0. The Morgan fingerprint density at radius 2 is 1.67 bits per heavy atom. The van der Waals surface area contributed by atoms with Gasteiger partial charge < -0.3 is 15.1 Å². The lowest BCUT2D eigenvalue weighted by molar-refractivity contribution is -0.137. The molecule has 1 N–H and O–H groups in total. The molecule has 2 aliphatic heterocycles. The van der Waals surface area contributed by atoms with Gasteiger partial charge in [-0.3, -0.25) is 14.5 Å². The molecule has 2 amide bonds. The number of nitrogens with one attached hydrogen (secondary N) is 1. The average Bonchev–Trinajstić information content (AvgIpc) is 2.57. The second kappa shape index (κ2) is 11.9. The van der Waals surface area contributed by atoms with Gasteiger partial charge in [0, 0.05) is 39.3 Å². The van der Waals surface area contributed by atoms with Crippen LogP contribution in [0, 0.1) is 0 Å². The summed E-state index contributed by atoms with van der Waals surface area (Å²) in [5.41, 5.74) is 0. The zero-order chi connectivity index (χ0) is 15.9. The van der Waals surface area contributed by atoms with E-state index in [-0.39, 0.29) is 42.7 Å². The third-order valence-electron chi connectivity index (χ3n) is 4.77. The van der Waals surface area contributed by atoms with Gasteiger partial charge in [-0.05, 0) is 33.2 Å². The Balaban J connectivity index is 0.00000264. The molecule has 0 spiro atoms. The highest BCUT2D eigenvalue weighted by Gasteiger charge is 2.28. The number of piperidine rings is 1. The number of halogens is 2. The third kappa shape index (κ3) is 6.39. The number of carbonyl (C=O) groups is 2. The first-order valence-electron chi connectivity index (χ1n) is 8.68. The minimum Gasteiger partial charge on any atom is -0.342 e. The molecule has 0 aromatic carbocycles. The number of amides is 2. The molecule has 0 radical (unpaired) electrons. The van der Waals surface area contributed by atoms with Gasteiger partial charge >= 0.3 is 0 Å². The van der Waals surface area contributed by atoms with E-state index >= 15 is 0 Å². The predicted molar refractivity (Wildman–Crippen MR) is 101 cm³/mol. The van der Waals surface area contributed by atoms with Crippen LogP contribution >= 0.6 is 24.8 Å². The minimum atomic E-state index is 0. The highest BCUT2D eigenvalue weighted by atomic mass is 35.5. The second-order valence-electron chi connectivity index (χ2n) is 6.17. The van der Waals surface area contributed by atoms with Crippen molar-refractivity contribution >= 4 is 36.6 Å². The number of hydrogen-bond acceptors (Lipinski definition) is 4. The summed E-state index contributed by atoms with van der Waals surface area (Å²) >= 11 is 0. The number of rotatable bonds is 5. The Kier molecular flexibility index (Phi) is 11.6. The molecule has 2 saturated heterocycles. The van der Waals surface area contributed by atoms with Crippen molar-refractivity contribution in [3.63, 3.8) is 0 Å². The van der Waals surface area contributed by atoms with E-state index in [1.807, 2.05) is 23.6 Å². The highest BCUT2D eigenvalue weighted by Crippen LogP contribution is 2.12. The molecule has 6 nitrogen and oxygen atoms in total. The summed E-state index contributed by atoms with van der Waals surface area (Å²) in [6.07, 6.45) is 3.27. The Hall–Kier alpha value is -0.560. The lowest BCUT2D eigenvalue weighted by Crippen LogP contribution is -2.56. The standard InChI is InChI=1S/C16H30N4O2.2ClH/c1-3-19(4-2)15(21)13-18-9-11-20(12-10-18)16(22)14-7-5-6-8-17-14;;/h14,17H,3-13H2,1-2H3;2*1H/t14-;;/m1../s1. The molecule has 0 saturated carbocycles. The maximum absolute atomic E-state index is 12.5. The third-order valence-corrected chi connectivity index (χ3v) is 4.77. The van der Waals surface area contributed by atoms with Crippen LogP contribution < -0.4 is 5.32 Å². The molecule has 0 aromatic rings. The van der Waals surface area contributed by atoms with Crippen LogP contribution in [0.4, 0.5) is 0 Å². The van der Waals surface area contributed by atoms with E-state index in [0.29, 0.717) is 6.54 Å². The van der Waals surface area contributed by atoms with Crippen molar-refractivity contribution in [2.45, 2.75) is 39.2 Å². The van der Waals surface area contributed by atoms with Gasteiger partial charge in [0.1, 0.15) is 0 Å². The van der Waals surface area contributed by atoms with Crippen LogP contribution in [0.5, 0.6) is 0 Å². The predicted octanol–water partition coefficient (Wildman–Crippen LogP) is 0.985. The molecule has 24 heavy (non-hydrogen) atoms. The van der Waals surface area contributed by atoms with Crippen LogP contribution in [0.2, 0.25) is 0 Å². The molecular formula is C16H32Cl2N4O2. The molecule has 2 aliphatic rings. The Morgan fingerprint density at radius 3 is 2.17 bits per heavy atom. The van der Waals surface area contributed by atoms with Gasteiger partial charge in [0.15, 0.2) is 0 Å². The summed E-state index contributed by atoms with van der Waals surface area (Å²) in [7, 11) is 0. The van der Waals surface area contributed by atoms with Gasteiger partial charge in [-0.2, -0.15) is 0 Å². The highest BCUT2D eigenvalue weighted by molar-refractivity contribution is 5.85. The molecule has 2 heterocycles. The van der Waals surface area contributed by atoms with Gasteiger partial charge in [-0.15, -0.1) is 24.8 Å². The van der Waals surface area contributed by atoms with Crippen molar-refractivity contribution in [3.8, 4) is 0 Å². The van der Waals surface area contributed by atoms with Gasteiger partial charge in [0.25, 0.3) is 0 Å². The first-order valence-corrected chi connectivity index (χ1v) is 8.68. The fourth-order valence-electron chi connectivity index (χ4n) is 3.28. The number of carbonyl (C=O) groups excluding carboxylic acids is 2. The van der Waals surface area contributed by atoms with E-state index in [9.17, 15) is 9.59 Å². The van der Waals surface area contributed by atoms with Crippen LogP contribution in [0.3, 0.4) is 0 Å². The van der Waals surface area contributed by atoms with Crippen LogP contribution in [0.1, 0.15) is 33.1 Å². The first kappa shape index (κ1) is 23.4. The van der Waals surface area contributed by atoms with Crippen molar-refractivity contribution in [1.82, 2.24) is 20.0 Å². The van der Waals surface area contributed by atoms with Crippen LogP contribution in [0.15, 0.2) is 0 Å². The van der Waals surface area contributed by atoms with E-state index in [1.54, 1.807) is 0 Å². The molecule has 2 fully saturated rings. The summed E-state index contributed by atoms with van der Waals surface area (Å²) in [4.78, 5) is 30.6. The maximum Gasteiger partial charge on any atom is 0.239 e. The molecule has 142 valence electrons. The van der Waals surface area contributed by atoms with Crippen LogP contribution in [-0.4, -0.2) is 84.9 Å². The molecule has 8 heteroatoms. The molecule has 0 aliphatic carbocycles. The Bertz CT molecular complexity index is 380. The second-order valence-corrected chi connectivity index (χ2v) is 6.17. The van der Waals surface area contributed by atoms with Gasteiger partial charge in [-0.1, -0.05) is 6.42 Å². The van der Waals surface area contributed by atoms with E-state index in [0.717, 1.165) is 58.7 Å². The zero-order valence-electron chi connectivity index (χ0n) is 14.8. The fourth-order valence-corrected chi connectivity index (χ4v) is 3.28. The molecule has 0 bridgehead atoms. The van der Waals surface area contributed by atoms with E-state index < -0.39 is 0 Å². The van der Waals surface area contributed by atoms with Crippen molar-refractivity contribution in [3.05, 3.63) is 0 Å². The molecular weight excluding hydrogens is 351 g/mol. The Morgan fingerprint density at radius 1 is 1.04 bits per heavy atom. The van der Waals surface area contributed by atoms with Crippen LogP contribution in [-0.2, 0) is 9.59 Å². The van der Waals surface area contributed by atoms with E-state index in [1.165, 1.54) is 6.42 Å². The van der Waals surface area contributed by atoms with E-state index in [2.05, 4.69) is 10.2 Å². The van der Waals surface area contributed by atoms with Crippen molar-refractivity contribution in [1.29, 1.82) is 0 Å². The quantitative estimate of drug-likeness (QED) is 0.769. The summed E-state index contributed by atoms with van der Waals surface area (Å²) in [5, 5.41) is 3.32. The normalized spacial score (nSPS) is 21.4. The lowest BCUT2D eigenvalue weighted by atomic mass is 10.0. The van der Waals surface area contributed by atoms with Crippen molar-refractivity contribution < 1.29 is 9.59 Å². The number of likely N-dealkylation sites (N-methyl/N-ethyl adjacent to an activating group) is 1. The topological polar surface area (TPSA) is 55.9 Å². The average molecular weight is 383 g/mol. The van der Waals surface area contributed by atoms with Crippen LogP contribution in [0.25, 0.3) is 0 Å². The summed E-state index contributed by atoms with van der Waals surface area (Å²) in [5.74, 6) is 0.438. The lowest BCUT2D eigenvalue weighted by Gasteiger charge is -2.37. The molecule has 0 unspecified atom stereocenters. The summed E-state index contributed by atoms with van der Waals surface area (Å²) in [6.45, 7) is 10.1. The van der Waals surface area contributed by atoms with Gasteiger partial charge in [-0.25, -0.2) is 0 Å². The number of piperazine rings is 1. The smallest absolute Gasteiger partial charge is 0.239 e. The zero-order valence-corrected chi connectivity index (χ0v) is 16.5. The van der Waals surface area contributed by atoms with Crippen molar-refractivity contribution in [2.24, 2.45) is 0 Å². The SMILES string of the molecule is CCN(CC)C(=O)CN1CCN(C(=O)[C@H]2CCCCN2)CC1.Cl.Cl. The summed E-state index contributed by atoms with van der Waals surface area (Å²) in [6, 6.07) is 0.0117. The Labute approximate surface area is 158 Å².